The summed E-state index contributed by atoms with van der Waals surface area (Å²) in [6.07, 6.45) is 3.17. The molecule has 0 aliphatic carbocycles. The number of rotatable bonds is 2. The van der Waals surface area contributed by atoms with Crippen molar-refractivity contribution in [2.45, 2.75) is 26.8 Å². The van der Waals surface area contributed by atoms with Crippen molar-refractivity contribution >= 4 is 15.9 Å². The minimum atomic E-state index is 0.929. The predicted octanol–water partition coefficient (Wildman–Crippen LogP) is 2.36. The van der Waals surface area contributed by atoms with Gasteiger partial charge in [-0.3, -0.25) is 0 Å². The maximum Gasteiger partial charge on any atom is 0.124 e. The second-order valence-corrected chi connectivity index (χ2v) is 3.12. The van der Waals surface area contributed by atoms with Gasteiger partial charge >= 0.3 is 0 Å². The normalized spacial score (nSPS) is 10.3. The van der Waals surface area contributed by atoms with Crippen molar-refractivity contribution in [3.05, 3.63) is 16.6 Å². The molecular formula is C7H11BrN2. The first-order chi connectivity index (χ1) is 4.74. The van der Waals surface area contributed by atoms with Crippen LogP contribution in [0.1, 0.15) is 19.2 Å². The Labute approximate surface area is 69.4 Å². The molecule has 1 heterocycles. The molecule has 0 unspecified atom stereocenters. The van der Waals surface area contributed by atoms with Gasteiger partial charge in [-0.05, 0) is 29.3 Å². The van der Waals surface area contributed by atoms with E-state index in [0.29, 0.717) is 0 Å². The minimum Gasteiger partial charge on any atom is -0.334 e. The lowest BCUT2D eigenvalue weighted by atomic mass is 10.5. The zero-order valence-electron chi connectivity index (χ0n) is 6.26. The molecule has 0 fully saturated rings. The standard InChI is InChI=1S/C7H11BrN2/c1-3-4-10-5-7(8)9-6(10)2/h5H,3-4H2,1-2H3. The van der Waals surface area contributed by atoms with E-state index in [-0.39, 0.29) is 0 Å². The Bertz CT molecular complexity index is 217. The SMILES string of the molecule is CCCn1cc(Br)nc1C. The van der Waals surface area contributed by atoms with Crippen LogP contribution in [0.25, 0.3) is 0 Å². The van der Waals surface area contributed by atoms with Gasteiger partial charge in [0.25, 0.3) is 0 Å². The quantitative estimate of drug-likeness (QED) is 0.721. The van der Waals surface area contributed by atoms with Crippen LogP contribution in [0.5, 0.6) is 0 Å². The smallest absolute Gasteiger partial charge is 0.124 e. The molecule has 10 heavy (non-hydrogen) atoms. The van der Waals surface area contributed by atoms with Crippen molar-refractivity contribution in [3.8, 4) is 0 Å². The van der Waals surface area contributed by atoms with Crippen molar-refractivity contribution in [1.82, 2.24) is 9.55 Å². The van der Waals surface area contributed by atoms with Crippen molar-refractivity contribution < 1.29 is 0 Å². The van der Waals surface area contributed by atoms with Crippen LogP contribution in [0.2, 0.25) is 0 Å². The summed E-state index contributed by atoms with van der Waals surface area (Å²) in [6.45, 7) is 5.23. The van der Waals surface area contributed by atoms with Crippen LogP contribution in [0.15, 0.2) is 10.8 Å². The van der Waals surface area contributed by atoms with Crippen LogP contribution >= 0.6 is 15.9 Å². The monoisotopic (exact) mass is 202 g/mol. The average Bonchev–Trinajstić information content (AvgIpc) is 2.13. The number of imidazole rings is 1. The van der Waals surface area contributed by atoms with Gasteiger partial charge in [-0.2, -0.15) is 0 Å². The number of halogens is 1. The zero-order valence-corrected chi connectivity index (χ0v) is 7.85. The van der Waals surface area contributed by atoms with E-state index in [9.17, 15) is 0 Å². The lowest BCUT2D eigenvalue weighted by Crippen LogP contribution is -1.96. The molecule has 1 aromatic rings. The highest BCUT2D eigenvalue weighted by molar-refractivity contribution is 9.10. The lowest BCUT2D eigenvalue weighted by molar-refractivity contribution is 0.657. The van der Waals surface area contributed by atoms with Crippen molar-refractivity contribution in [2.75, 3.05) is 0 Å². The summed E-state index contributed by atoms with van der Waals surface area (Å²) in [4.78, 5) is 4.21. The van der Waals surface area contributed by atoms with E-state index in [1.807, 2.05) is 13.1 Å². The third kappa shape index (κ3) is 1.59. The van der Waals surface area contributed by atoms with Gasteiger partial charge in [-0.1, -0.05) is 6.92 Å². The Kier molecular flexibility index (Phi) is 2.49. The summed E-state index contributed by atoms with van der Waals surface area (Å²) in [6, 6.07) is 0. The summed E-state index contributed by atoms with van der Waals surface area (Å²) in [5.41, 5.74) is 0. The summed E-state index contributed by atoms with van der Waals surface area (Å²) in [7, 11) is 0. The van der Waals surface area contributed by atoms with Gasteiger partial charge in [-0.15, -0.1) is 0 Å². The largest absolute Gasteiger partial charge is 0.334 e. The van der Waals surface area contributed by atoms with Crippen LogP contribution in [-0.2, 0) is 6.54 Å². The van der Waals surface area contributed by atoms with Crippen molar-refractivity contribution in [3.63, 3.8) is 0 Å². The Hall–Kier alpha value is -0.310. The summed E-state index contributed by atoms with van der Waals surface area (Å²) >= 11 is 3.32. The van der Waals surface area contributed by atoms with Gasteiger partial charge in [0.05, 0.1) is 0 Å². The molecule has 0 aromatic carbocycles. The maximum absolute atomic E-state index is 4.21. The fraction of sp³-hybridized carbons (Fsp3) is 0.571. The maximum atomic E-state index is 4.21. The Balaban J connectivity index is 2.81. The molecule has 56 valence electrons. The fourth-order valence-corrected chi connectivity index (χ4v) is 1.44. The second-order valence-electron chi connectivity index (χ2n) is 2.30. The molecule has 0 amide bonds. The van der Waals surface area contributed by atoms with E-state index < -0.39 is 0 Å². The molecule has 1 rings (SSSR count). The summed E-state index contributed by atoms with van der Waals surface area (Å²) in [5.74, 6) is 1.08. The molecule has 0 aliphatic rings. The molecular weight excluding hydrogens is 192 g/mol. The highest BCUT2D eigenvalue weighted by Crippen LogP contribution is 2.08. The van der Waals surface area contributed by atoms with Crippen LogP contribution in [-0.4, -0.2) is 9.55 Å². The topological polar surface area (TPSA) is 17.8 Å². The molecule has 0 spiro atoms. The van der Waals surface area contributed by atoms with Crippen LogP contribution in [0, 0.1) is 6.92 Å². The van der Waals surface area contributed by atoms with Gasteiger partial charge in [0.1, 0.15) is 10.4 Å². The average molecular weight is 203 g/mol. The third-order valence-corrected chi connectivity index (χ3v) is 1.79. The Morgan fingerprint density at radius 1 is 1.70 bits per heavy atom. The van der Waals surface area contributed by atoms with Crippen LogP contribution in [0.3, 0.4) is 0 Å². The fourth-order valence-electron chi connectivity index (χ4n) is 0.937. The summed E-state index contributed by atoms with van der Waals surface area (Å²) in [5, 5.41) is 0. The van der Waals surface area contributed by atoms with E-state index >= 15 is 0 Å². The minimum absolute atomic E-state index is 0.929. The van der Waals surface area contributed by atoms with Crippen molar-refractivity contribution in [1.29, 1.82) is 0 Å². The van der Waals surface area contributed by atoms with Crippen LogP contribution in [0.4, 0.5) is 0 Å². The first-order valence-corrected chi connectivity index (χ1v) is 4.22. The molecule has 0 atom stereocenters. The van der Waals surface area contributed by atoms with Gasteiger partial charge < -0.3 is 4.57 Å². The number of aromatic nitrogens is 2. The molecule has 0 saturated heterocycles. The van der Waals surface area contributed by atoms with E-state index in [2.05, 4.69) is 32.4 Å². The van der Waals surface area contributed by atoms with E-state index in [1.165, 1.54) is 0 Å². The number of hydrogen-bond acceptors (Lipinski definition) is 1. The Morgan fingerprint density at radius 2 is 2.40 bits per heavy atom. The molecule has 1 aromatic heterocycles. The van der Waals surface area contributed by atoms with Gasteiger partial charge in [-0.25, -0.2) is 4.98 Å². The molecule has 2 nitrogen and oxygen atoms in total. The zero-order chi connectivity index (χ0) is 7.56. The molecule has 0 bridgehead atoms. The van der Waals surface area contributed by atoms with E-state index in [1.54, 1.807) is 0 Å². The first-order valence-electron chi connectivity index (χ1n) is 3.43. The number of nitrogens with zero attached hydrogens (tertiary/aromatic N) is 2. The highest BCUT2D eigenvalue weighted by atomic mass is 79.9. The molecule has 0 N–H and O–H groups in total. The van der Waals surface area contributed by atoms with E-state index in [4.69, 9.17) is 0 Å². The molecule has 3 heteroatoms. The number of hydrogen-bond donors (Lipinski definition) is 0. The summed E-state index contributed by atoms with van der Waals surface area (Å²) < 4.78 is 3.07. The van der Waals surface area contributed by atoms with Gasteiger partial charge in [0.2, 0.25) is 0 Å². The lowest BCUT2D eigenvalue weighted by Gasteiger charge is -1.98. The van der Waals surface area contributed by atoms with Gasteiger partial charge in [0, 0.05) is 12.7 Å². The van der Waals surface area contributed by atoms with Gasteiger partial charge in [0.15, 0.2) is 0 Å². The second kappa shape index (κ2) is 3.19. The third-order valence-electron chi connectivity index (χ3n) is 1.41. The molecule has 0 radical (unpaired) electrons. The van der Waals surface area contributed by atoms with E-state index in [0.717, 1.165) is 23.4 Å². The first kappa shape index (κ1) is 7.79. The van der Waals surface area contributed by atoms with Crippen LogP contribution < -0.4 is 0 Å². The predicted molar refractivity (Wildman–Crippen MR) is 45.0 cm³/mol. The molecule has 0 aliphatic heterocycles. The Morgan fingerprint density at radius 3 is 2.80 bits per heavy atom. The highest BCUT2D eigenvalue weighted by Gasteiger charge is 1.98. The van der Waals surface area contributed by atoms with Crippen molar-refractivity contribution in [2.24, 2.45) is 0 Å². The number of aryl methyl sites for hydroxylation is 2. The molecule has 0 saturated carbocycles.